The second-order valence-electron chi connectivity index (χ2n) is 5.75. The van der Waals surface area contributed by atoms with E-state index in [2.05, 4.69) is 19.7 Å². The van der Waals surface area contributed by atoms with E-state index in [-0.39, 0.29) is 28.0 Å². The van der Waals surface area contributed by atoms with Crippen LogP contribution in [-0.4, -0.2) is 62.5 Å². The summed E-state index contributed by atoms with van der Waals surface area (Å²) in [5, 5.41) is -0.380. The number of rotatable bonds is 5. The maximum Gasteiger partial charge on any atom is 0.387 e. The normalized spacial score (nSPS) is 15.2. The van der Waals surface area contributed by atoms with Gasteiger partial charge >= 0.3 is 6.61 Å². The van der Waals surface area contributed by atoms with Gasteiger partial charge in [0.2, 0.25) is 15.0 Å². The molecule has 27 heavy (non-hydrogen) atoms. The maximum absolute atomic E-state index is 12.5. The van der Waals surface area contributed by atoms with E-state index in [1.807, 2.05) is 4.90 Å². The van der Waals surface area contributed by atoms with E-state index in [0.29, 0.717) is 32.1 Å². The number of sulfone groups is 1. The van der Waals surface area contributed by atoms with Gasteiger partial charge in [0, 0.05) is 37.2 Å². The summed E-state index contributed by atoms with van der Waals surface area (Å²) < 4.78 is 58.7. The lowest BCUT2D eigenvalue weighted by atomic mass is 10.2. The van der Waals surface area contributed by atoms with Crippen molar-refractivity contribution in [2.75, 3.05) is 43.2 Å². The summed E-state index contributed by atoms with van der Waals surface area (Å²) in [7, 11) is -3.71. The van der Waals surface area contributed by atoms with Crippen molar-refractivity contribution < 1.29 is 26.7 Å². The molecule has 2 N–H and O–H groups in total. The fourth-order valence-corrected chi connectivity index (χ4v) is 2.99. The van der Waals surface area contributed by atoms with Crippen LogP contribution in [0.1, 0.15) is 0 Å². The molecule has 146 valence electrons. The molecule has 0 bridgehead atoms. The number of hydrogen-bond acceptors (Lipinski definition) is 9. The quantitative estimate of drug-likeness (QED) is 0.730. The van der Waals surface area contributed by atoms with E-state index in [0.717, 1.165) is 6.26 Å². The van der Waals surface area contributed by atoms with Gasteiger partial charge in [-0.3, -0.25) is 0 Å². The summed E-state index contributed by atoms with van der Waals surface area (Å²) >= 11 is 0. The Morgan fingerprint density at radius 2 is 1.96 bits per heavy atom. The van der Waals surface area contributed by atoms with Gasteiger partial charge < -0.3 is 20.1 Å². The largest absolute Gasteiger partial charge is 0.431 e. The van der Waals surface area contributed by atoms with E-state index in [9.17, 15) is 17.2 Å². The number of hydrogen-bond donors (Lipinski definition) is 1. The molecule has 0 aromatic carbocycles. The van der Waals surface area contributed by atoms with Crippen LogP contribution in [-0.2, 0) is 14.6 Å². The number of anilines is 2. The van der Waals surface area contributed by atoms with Gasteiger partial charge in [-0.1, -0.05) is 0 Å². The van der Waals surface area contributed by atoms with Crippen molar-refractivity contribution in [3.63, 3.8) is 0 Å². The average Bonchev–Trinajstić information content (AvgIpc) is 2.63. The lowest BCUT2D eigenvalue weighted by Gasteiger charge is -2.28. The predicted molar refractivity (Wildman–Crippen MR) is 92.4 cm³/mol. The predicted octanol–water partition coefficient (Wildman–Crippen LogP) is 0.962. The first-order valence-electron chi connectivity index (χ1n) is 7.86. The van der Waals surface area contributed by atoms with Crippen molar-refractivity contribution in [2.45, 2.75) is 11.8 Å². The van der Waals surface area contributed by atoms with E-state index in [1.165, 1.54) is 12.3 Å². The Morgan fingerprint density at radius 3 is 2.59 bits per heavy atom. The minimum atomic E-state index is -3.71. The monoisotopic (exact) mass is 401 g/mol. The van der Waals surface area contributed by atoms with Crippen molar-refractivity contribution in [3.8, 4) is 17.0 Å². The highest BCUT2D eigenvalue weighted by Gasteiger charge is 2.21. The molecule has 0 spiro atoms. The zero-order valence-corrected chi connectivity index (χ0v) is 15.1. The van der Waals surface area contributed by atoms with E-state index >= 15 is 0 Å². The number of aromatic nitrogens is 3. The Hall–Kier alpha value is -2.60. The van der Waals surface area contributed by atoms with E-state index in [4.69, 9.17) is 10.5 Å². The molecule has 1 fully saturated rings. The Morgan fingerprint density at radius 1 is 1.26 bits per heavy atom. The van der Waals surface area contributed by atoms with Crippen molar-refractivity contribution in [3.05, 3.63) is 18.3 Å². The molecule has 1 aliphatic heterocycles. The standard InChI is InChI=1S/C15H17F2N5O4S/c1-27(23,24)15-20-10(7-12(21-15)22-2-4-25-5-3-22)9-6-11(26-14(16)17)13(18)19-8-9/h6-8,14H,2-5H2,1H3,(H2,18,19). The molecule has 1 aliphatic rings. The fraction of sp³-hybridized carbons (Fsp3) is 0.400. The van der Waals surface area contributed by atoms with Crippen LogP contribution in [0.2, 0.25) is 0 Å². The third kappa shape index (κ3) is 4.57. The third-order valence-corrected chi connectivity index (χ3v) is 4.60. The van der Waals surface area contributed by atoms with Gasteiger partial charge in [0.25, 0.3) is 0 Å². The molecule has 0 saturated carbocycles. The highest BCUT2D eigenvalue weighted by atomic mass is 32.2. The molecular formula is C15H17F2N5O4S. The number of nitrogens with zero attached hydrogens (tertiary/aromatic N) is 4. The highest BCUT2D eigenvalue weighted by Crippen LogP contribution is 2.29. The summed E-state index contributed by atoms with van der Waals surface area (Å²) in [6.45, 7) is -1.07. The smallest absolute Gasteiger partial charge is 0.387 e. The van der Waals surface area contributed by atoms with Crippen LogP contribution in [0, 0.1) is 0 Å². The zero-order chi connectivity index (χ0) is 19.6. The van der Waals surface area contributed by atoms with Gasteiger partial charge in [0.15, 0.2) is 11.6 Å². The molecule has 9 nitrogen and oxygen atoms in total. The first kappa shape index (κ1) is 19.2. The van der Waals surface area contributed by atoms with E-state index < -0.39 is 16.4 Å². The molecule has 0 atom stereocenters. The molecule has 1 saturated heterocycles. The maximum atomic E-state index is 12.5. The molecule has 0 amide bonds. The number of alkyl halides is 2. The van der Waals surface area contributed by atoms with Crippen molar-refractivity contribution in [2.24, 2.45) is 0 Å². The van der Waals surface area contributed by atoms with Gasteiger partial charge in [-0.2, -0.15) is 8.78 Å². The van der Waals surface area contributed by atoms with Gasteiger partial charge in [0.1, 0.15) is 5.82 Å². The third-order valence-electron chi connectivity index (χ3n) is 3.75. The second kappa shape index (κ2) is 7.56. The molecule has 3 rings (SSSR count). The van der Waals surface area contributed by atoms with Gasteiger partial charge in [-0.25, -0.2) is 23.4 Å². The molecule has 0 aliphatic carbocycles. The number of ether oxygens (including phenoxy) is 2. The molecular weight excluding hydrogens is 384 g/mol. The zero-order valence-electron chi connectivity index (χ0n) is 14.3. The van der Waals surface area contributed by atoms with Crippen LogP contribution in [0.3, 0.4) is 0 Å². The number of nitrogen functional groups attached to an aromatic ring is 1. The fourth-order valence-electron chi connectivity index (χ4n) is 2.47. The topological polar surface area (TPSA) is 121 Å². The number of pyridine rings is 1. The van der Waals surface area contributed by atoms with Crippen LogP contribution >= 0.6 is 0 Å². The lowest BCUT2D eigenvalue weighted by molar-refractivity contribution is -0.0494. The van der Waals surface area contributed by atoms with Crippen LogP contribution in [0.5, 0.6) is 5.75 Å². The first-order valence-corrected chi connectivity index (χ1v) is 9.76. The van der Waals surface area contributed by atoms with Crippen molar-refractivity contribution in [1.82, 2.24) is 15.0 Å². The molecule has 12 heteroatoms. The molecule has 0 radical (unpaired) electrons. The van der Waals surface area contributed by atoms with Crippen molar-refractivity contribution in [1.29, 1.82) is 0 Å². The SMILES string of the molecule is CS(=O)(=O)c1nc(-c2cnc(N)c(OC(F)F)c2)cc(N2CCOCC2)n1. The lowest BCUT2D eigenvalue weighted by Crippen LogP contribution is -2.37. The number of morpholine rings is 1. The molecule has 2 aromatic heterocycles. The van der Waals surface area contributed by atoms with Gasteiger partial charge in [0.05, 0.1) is 18.9 Å². The van der Waals surface area contributed by atoms with Crippen LogP contribution in [0.4, 0.5) is 20.4 Å². The summed E-state index contributed by atoms with van der Waals surface area (Å²) in [5.41, 5.74) is 6.00. The highest BCUT2D eigenvalue weighted by molar-refractivity contribution is 7.90. The summed E-state index contributed by atoms with van der Waals surface area (Å²) in [6.07, 6.45) is 2.28. The minimum Gasteiger partial charge on any atom is -0.431 e. The van der Waals surface area contributed by atoms with Gasteiger partial charge in [-0.15, -0.1) is 0 Å². The van der Waals surface area contributed by atoms with Crippen LogP contribution in [0.15, 0.2) is 23.5 Å². The summed E-state index contributed by atoms with van der Waals surface area (Å²) in [6, 6.07) is 2.78. The van der Waals surface area contributed by atoms with E-state index in [1.54, 1.807) is 6.07 Å². The Balaban J connectivity index is 2.09. The average molecular weight is 401 g/mol. The summed E-state index contributed by atoms with van der Waals surface area (Å²) in [5.74, 6) is -0.156. The summed E-state index contributed by atoms with van der Waals surface area (Å²) in [4.78, 5) is 13.8. The van der Waals surface area contributed by atoms with Gasteiger partial charge in [-0.05, 0) is 6.07 Å². The van der Waals surface area contributed by atoms with Crippen LogP contribution < -0.4 is 15.4 Å². The number of nitrogens with two attached hydrogens (primary N) is 1. The molecule has 2 aromatic rings. The second-order valence-corrected chi connectivity index (χ2v) is 7.66. The molecule has 3 heterocycles. The Bertz CT molecular complexity index is 936. The van der Waals surface area contributed by atoms with Crippen molar-refractivity contribution >= 4 is 21.5 Å². The number of halogens is 2. The Labute approximate surface area is 154 Å². The Kier molecular flexibility index (Phi) is 5.37. The first-order chi connectivity index (χ1) is 12.7. The minimum absolute atomic E-state index is 0.193. The van der Waals surface area contributed by atoms with Crippen LogP contribution in [0.25, 0.3) is 11.3 Å². The molecule has 0 unspecified atom stereocenters.